The van der Waals surface area contributed by atoms with E-state index in [1.807, 2.05) is 12.1 Å². The Morgan fingerprint density at radius 2 is 1.65 bits per heavy atom. The standard InChI is InChI=1S/C19H19ClO3/c1-19(2,3)15-9-7-13(8-10-15)18(22)23-12-17(21)14-5-4-6-16(20)11-14/h4-11H,12H2,1-3H3. The highest BCUT2D eigenvalue weighted by molar-refractivity contribution is 6.31. The van der Waals surface area contributed by atoms with Gasteiger partial charge in [-0.2, -0.15) is 0 Å². The molecule has 0 saturated carbocycles. The molecule has 0 radical (unpaired) electrons. The van der Waals surface area contributed by atoms with Gasteiger partial charge in [-0.15, -0.1) is 0 Å². The van der Waals surface area contributed by atoms with Crippen molar-refractivity contribution < 1.29 is 14.3 Å². The van der Waals surface area contributed by atoms with Gasteiger partial charge in [-0.3, -0.25) is 4.79 Å². The fourth-order valence-corrected chi connectivity index (χ4v) is 2.26. The molecule has 0 atom stereocenters. The van der Waals surface area contributed by atoms with Crippen LogP contribution in [-0.4, -0.2) is 18.4 Å². The van der Waals surface area contributed by atoms with Crippen molar-refractivity contribution in [2.45, 2.75) is 26.2 Å². The Kier molecular flexibility index (Phi) is 5.22. The van der Waals surface area contributed by atoms with E-state index in [0.29, 0.717) is 16.1 Å². The van der Waals surface area contributed by atoms with Crippen molar-refractivity contribution in [2.24, 2.45) is 0 Å². The predicted molar refractivity (Wildman–Crippen MR) is 91.2 cm³/mol. The number of esters is 1. The van der Waals surface area contributed by atoms with E-state index in [9.17, 15) is 9.59 Å². The normalized spacial score (nSPS) is 11.1. The molecule has 0 aliphatic heterocycles. The van der Waals surface area contributed by atoms with Crippen molar-refractivity contribution >= 4 is 23.4 Å². The summed E-state index contributed by atoms with van der Waals surface area (Å²) in [6.45, 7) is 6.00. The van der Waals surface area contributed by atoms with Crippen LogP contribution in [0.5, 0.6) is 0 Å². The second-order valence-electron chi connectivity index (χ2n) is 6.34. The minimum atomic E-state index is -0.513. The lowest BCUT2D eigenvalue weighted by molar-refractivity contribution is 0.0474. The number of ketones is 1. The second-order valence-corrected chi connectivity index (χ2v) is 6.77. The number of rotatable bonds is 4. The van der Waals surface area contributed by atoms with Gasteiger partial charge >= 0.3 is 5.97 Å². The number of benzene rings is 2. The fraction of sp³-hybridized carbons (Fsp3) is 0.263. The highest BCUT2D eigenvalue weighted by atomic mass is 35.5. The van der Waals surface area contributed by atoms with Gasteiger partial charge in [0.2, 0.25) is 0 Å². The van der Waals surface area contributed by atoms with Gasteiger partial charge in [0.25, 0.3) is 0 Å². The van der Waals surface area contributed by atoms with Crippen LogP contribution < -0.4 is 0 Å². The summed E-state index contributed by atoms with van der Waals surface area (Å²) in [6, 6.07) is 13.8. The third-order valence-corrected chi connectivity index (χ3v) is 3.70. The molecule has 2 aromatic rings. The van der Waals surface area contributed by atoms with Crippen LogP contribution in [0.4, 0.5) is 0 Å². The minimum Gasteiger partial charge on any atom is -0.454 e. The number of ether oxygens (including phenoxy) is 1. The summed E-state index contributed by atoms with van der Waals surface area (Å²) in [5.41, 5.74) is 2.00. The third-order valence-electron chi connectivity index (χ3n) is 3.47. The van der Waals surface area contributed by atoms with Crippen molar-refractivity contribution in [2.75, 3.05) is 6.61 Å². The molecule has 3 nitrogen and oxygen atoms in total. The van der Waals surface area contributed by atoms with Crippen LogP contribution in [0.1, 0.15) is 47.1 Å². The Hall–Kier alpha value is -2.13. The highest BCUT2D eigenvalue weighted by Crippen LogP contribution is 2.22. The van der Waals surface area contributed by atoms with Gasteiger partial charge in [0.1, 0.15) is 0 Å². The summed E-state index contributed by atoms with van der Waals surface area (Å²) >= 11 is 5.84. The van der Waals surface area contributed by atoms with Crippen molar-refractivity contribution in [3.05, 3.63) is 70.2 Å². The number of carbonyl (C=O) groups excluding carboxylic acids is 2. The van der Waals surface area contributed by atoms with Crippen LogP contribution in [0.25, 0.3) is 0 Å². The first-order valence-corrected chi connectivity index (χ1v) is 7.71. The first-order valence-electron chi connectivity index (χ1n) is 7.34. The average Bonchev–Trinajstić information content (AvgIpc) is 2.51. The van der Waals surface area contributed by atoms with Crippen LogP contribution in [0.15, 0.2) is 48.5 Å². The predicted octanol–water partition coefficient (Wildman–Crippen LogP) is 4.68. The Labute approximate surface area is 141 Å². The lowest BCUT2D eigenvalue weighted by atomic mass is 9.87. The maximum absolute atomic E-state index is 12.0. The van der Waals surface area contributed by atoms with Crippen molar-refractivity contribution in [1.82, 2.24) is 0 Å². The topological polar surface area (TPSA) is 43.4 Å². The van der Waals surface area contributed by atoms with E-state index in [0.717, 1.165) is 5.56 Å². The number of Topliss-reactive ketones (excluding diaryl/α,β-unsaturated/α-hetero) is 1. The molecule has 2 rings (SSSR count). The van der Waals surface area contributed by atoms with Gasteiger partial charge in [-0.1, -0.05) is 56.6 Å². The molecule has 0 N–H and O–H groups in total. The Morgan fingerprint density at radius 1 is 1.00 bits per heavy atom. The summed E-state index contributed by atoms with van der Waals surface area (Å²) in [6.07, 6.45) is 0. The van der Waals surface area contributed by atoms with Gasteiger partial charge in [-0.25, -0.2) is 4.79 Å². The van der Waals surface area contributed by atoms with E-state index in [2.05, 4.69) is 20.8 Å². The largest absolute Gasteiger partial charge is 0.454 e. The molecule has 0 fully saturated rings. The molecule has 0 unspecified atom stereocenters. The molecule has 2 aromatic carbocycles. The molecule has 23 heavy (non-hydrogen) atoms. The Balaban J connectivity index is 1.98. The molecule has 0 saturated heterocycles. The minimum absolute atomic E-state index is 0.0188. The van der Waals surface area contributed by atoms with Crippen molar-refractivity contribution in [3.63, 3.8) is 0 Å². The molecule has 0 aliphatic carbocycles. The molecule has 0 aliphatic rings. The van der Waals surface area contributed by atoms with Gasteiger partial charge in [-0.05, 0) is 35.2 Å². The molecule has 4 heteroatoms. The van der Waals surface area contributed by atoms with E-state index >= 15 is 0 Å². The van der Waals surface area contributed by atoms with E-state index in [1.165, 1.54) is 0 Å². The molecular weight excluding hydrogens is 312 g/mol. The third kappa shape index (κ3) is 4.67. The number of hydrogen-bond donors (Lipinski definition) is 0. The van der Waals surface area contributed by atoms with Gasteiger partial charge in [0, 0.05) is 10.6 Å². The van der Waals surface area contributed by atoms with E-state index < -0.39 is 5.97 Å². The van der Waals surface area contributed by atoms with E-state index in [4.69, 9.17) is 16.3 Å². The SMILES string of the molecule is CC(C)(C)c1ccc(C(=O)OCC(=O)c2cccc(Cl)c2)cc1. The van der Waals surface area contributed by atoms with E-state index in [-0.39, 0.29) is 17.8 Å². The van der Waals surface area contributed by atoms with Crippen molar-refractivity contribution in [3.8, 4) is 0 Å². The maximum atomic E-state index is 12.0. The first kappa shape index (κ1) is 17.2. The zero-order chi connectivity index (χ0) is 17.0. The quantitative estimate of drug-likeness (QED) is 0.604. The molecule has 0 amide bonds. The summed E-state index contributed by atoms with van der Waals surface area (Å²) in [7, 11) is 0. The number of hydrogen-bond acceptors (Lipinski definition) is 3. The van der Waals surface area contributed by atoms with Gasteiger partial charge in [0.15, 0.2) is 12.4 Å². The van der Waals surface area contributed by atoms with Crippen LogP contribution in [0, 0.1) is 0 Å². The van der Waals surface area contributed by atoms with Gasteiger partial charge < -0.3 is 4.74 Å². The van der Waals surface area contributed by atoms with Crippen molar-refractivity contribution in [1.29, 1.82) is 0 Å². The molecule has 120 valence electrons. The lowest BCUT2D eigenvalue weighted by Gasteiger charge is -2.18. The first-order chi connectivity index (χ1) is 10.8. The van der Waals surface area contributed by atoms with E-state index in [1.54, 1.807) is 36.4 Å². The average molecular weight is 331 g/mol. The fourth-order valence-electron chi connectivity index (χ4n) is 2.07. The summed E-state index contributed by atoms with van der Waals surface area (Å²) in [5, 5.41) is 0.472. The van der Waals surface area contributed by atoms with Crippen LogP contribution >= 0.6 is 11.6 Å². The lowest BCUT2D eigenvalue weighted by Crippen LogP contribution is -2.15. The highest BCUT2D eigenvalue weighted by Gasteiger charge is 2.16. The van der Waals surface area contributed by atoms with Crippen LogP contribution in [0.3, 0.4) is 0 Å². The maximum Gasteiger partial charge on any atom is 0.338 e. The van der Waals surface area contributed by atoms with Crippen LogP contribution in [-0.2, 0) is 10.2 Å². The number of halogens is 1. The second kappa shape index (κ2) is 6.97. The zero-order valence-corrected chi connectivity index (χ0v) is 14.2. The molecule has 0 bridgehead atoms. The molecule has 0 heterocycles. The number of carbonyl (C=O) groups is 2. The summed E-state index contributed by atoms with van der Waals surface area (Å²) in [5.74, 6) is -0.798. The van der Waals surface area contributed by atoms with Crippen LogP contribution in [0.2, 0.25) is 5.02 Å². The molecular formula is C19H19ClO3. The Bertz CT molecular complexity index is 712. The molecule has 0 aromatic heterocycles. The Morgan fingerprint density at radius 3 is 2.22 bits per heavy atom. The summed E-state index contributed by atoms with van der Waals surface area (Å²) in [4.78, 5) is 24.0. The zero-order valence-electron chi connectivity index (χ0n) is 13.4. The summed E-state index contributed by atoms with van der Waals surface area (Å²) < 4.78 is 5.08. The molecule has 0 spiro atoms. The monoisotopic (exact) mass is 330 g/mol. The van der Waals surface area contributed by atoms with Gasteiger partial charge in [0.05, 0.1) is 5.56 Å². The smallest absolute Gasteiger partial charge is 0.338 e.